The SMILES string of the molecule is Cc1ccc2c(c1)C=Cc1ccccc1N2c1ccccc1. The van der Waals surface area contributed by atoms with E-state index in [2.05, 4.69) is 96.8 Å². The van der Waals surface area contributed by atoms with Crippen LogP contribution in [0.4, 0.5) is 17.1 Å². The van der Waals surface area contributed by atoms with Gasteiger partial charge >= 0.3 is 0 Å². The topological polar surface area (TPSA) is 3.24 Å². The Morgan fingerprint density at radius 1 is 0.636 bits per heavy atom. The van der Waals surface area contributed by atoms with Crippen LogP contribution in [0.5, 0.6) is 0 Å². The number of nitrogens with zero attached hydrogens (tertiary/aromatic N) is 1. The molecule has 0 atom stereocenters. The Hall–Kier alpha value is -2.80. The second-order valence-corrected chi connectivity index (χ2v) is 5.63. The minimum Gasteiger partial charge on any atom is -0.309 e. The fraction of sp³-hybridized carbons (Fsp3) is 0.0476. The molecule has 3 aromatic carbocycles. The molecule has 22 heavy (non-hydrogen) atoms. The lowest BCUT2D eigenvalue weighted by Crippen LogP contribution is -2.11. The van der Waals surface area contributed by atoms with Crippen LogP contribution in [0.15, 0.2) is 72.8 Å². The van der Waals surface area contributed by atoms with E-state index in [0.29, 0.717) is 0 Å². The molecule has 0 amide bonds. The first-order valence-corrected chi connectivity index (χ1v) is 7.56. The molecule has 0 unspecified atom stereocenters. The van der Waals surface area contributed by atoms with E-state index < -0.39 is 0 Å². The number of fused-ring (bicyclic) bond motifs is 2. The standard InChI is InChI=1S/C21H17N/c1-16-11-14-21-18(15-16)13-12-17-7-5-6-10-20(17)22(21)19-8-3-2-4-9-19/h2-15H,1H3. The minimum atomic E-state index is 1.18. The molecule has 106 valence electrons. The van der Waals surface area contributed by atoms with Gasteiger partial charge in [0.25, 0.3) is 0 Å². The Balaban J connectivity index is 2.02. The van der Waals surface area contributed by atoms with Crippen LogP contribution < -0.4 is 4.90 Å². The molecule has 1 aliphatic rings. The quantitative estimate of drug-likeness (QED) is 0.417. The summed E-state index contributed by atoms with van der Waals surface area (Å²) in [6, 6.07) is 25.7. The Kier molecular flexibility index (Phi) is 3.05. The average Bonchev–Trinajstić information content (AvgIpc) is 2.72. The summed E-state index contributed by atoms with van der Waals surface area (Å²) in [6.45, 7) is 2.14. The number of aryl methyl sites for hydroxylation is 1. The zero-order chi connectivity index (χ0) is 14.9. The molecule has 0 saturated heterocycles. The van der Waals surface area contributed by atoms with Gasteiger partial charge in [-0.2, -0.15) is 0 Å². The predicted molar refractivity (Wildman–Crippen MR) is 94.8 cm³/mol. The molecular formula is C21H17N. The third kappa shape index (κ3) is 2.11. The number of anilines is 3. The van der Waals surface area contributed by atoms with Gasteiger partial charge in [0.05, 0.1) is 11.4 Å². The van der Waals surface area contributed by atoms with Crippen molar-refractivity contribution in [2.24, 2.45) is 0 Å². The van der Waals surface area contributed by atoms with E-state index >= 15 is 0 Å². The van der Waals surface area contributed by atoms with Gasteiger partial charge in [0.1, 0.15) is 0 Å². The van der Waals surface area contributed by atoms with Gasteiger partial charge < -0.3 is 4.90 Å². The second kappa shape index (κ2) is 5.19. The molecule has 0 N–H and O–H groups in total. The highest BCUT2D eigenvalue weighted by molar-refractivity contribution is 5.93. The molecule has 1 heteroatoms. The summed E-state index contributed by atoms with van der Waals surface area (Å²) in [5.41, 5.74) is 7.39. The van der Waals surface area contributed by atoms with Gasteiger partial charge in [-0.1, -0.05) is 60.2 Å². The molecule has 4 rings (SSSR count). The fourth-order valence-electron chi connectivity index (χ4n) is 3.01. The van der Waals surface area contributed by atoms with Crippen LogP contribution in [0.25, 0.3) is 12.2 Å². The lowest BCUT2D eigenvalue weighted by Gasteiger charge is -2.27. The van der Waals surface area contributed by atoms with Crippen LogP contribution in [0.2, 0.25) is 0 Å². The Morgan fingerprint density at radius 3 is 2.18 bits per heavy atom. The van der Waals surface area contributed by atoms with E-state index in [1.165, 1.54) is 33.8 Å². The van der Waals surface area contributed by atoms with Gasteiger partial charge in [0, 0.05) is 5.69 Å². The molecule has 1 aliphatic heterocycles. The lowest BCUT2D eigenvalue weighted by atomic mass is 10.1. The molecular weight excluding hydrogens is 266 g/mol. The van der Waals surface area contributed by atoms with E-state index in [-0.39, 0.29) is 0 Å². The van der Waals surface area contributed by atoms with Gasteiger partial charge in [0.2, 0.25) is 0 Å². The van der Waals surface area contributed by atoms with Crippen molar-refractivity contribution in [1.29, 1.82) is 0 Å². The van der Waals surface area contributed by atoms with Crippen LogP contribution in [-0.4, -0.2) is 0 Å². The zero-order valence-electron chi connectivity index (χ0n) is 12.5. The highest BCUT2D eigenvalue weighted by Crippen LogP contribution is 2.41. The third-order valence-electron chi connectivity index (χ3n) is 4.06. The van der Waals surface area contributed by atoms with E-state index in [4.69, 9.17) is 0 Å². The molecule has 0 bridgehead atoms. The third-order valence-corrected chi connectivity index (χ3v) is 4.06. The monoisotopic (exact) mass is 283 g/mol. The Bertz CT molecular complexity index is 847. The second-order valence-electron chi connectivity index (χ2n) is 5.63. The van der Waals surface area contributed by atoms with Crippen molar-refractivity contribution in [1.82, 2.24) is 0 Å². The van der Waals surface area contributed by atoms with Crippen LogP contribution >= 0.6 is 0 Å². The molecule has 0 radical (unpaired) electrons. The van der Waals surface area contributed by atoms with Crippen molar-refractivity contribution in [3.05, 3.63) is 89.5 Å². The van der Waals surface area contributed by atoms with E-state index in [0.717, 1.165) is 0 Å². The maximum atomic E-state index is 2.34. The maximum Gasteiger partial charge on any atom is 0.0534 e. The van der Waals surface area contributed by atoms with Gasteiger partial charge in [0.15, 0.2) is 0 Å². The van der Waals surface area contributed by atoms with E-state index in [1.807, 2.05) is 0 Å². The molecule has 0 fully saturated rings. The predicted octanol–water partition coefficient (Wildman–Crippen LogP) is 5.95. The summed E-state index contributed by atoms with van der Waals surface area (Å²) in [5.74, 6) is 0. The van der Waals surface area contributed by atoms with Crippen molar-refractivity contribution in [3.63, 3.8) is 0 Å². The summed E-state index contributed by atoms with van der Waals surface area (Å²) >= 11 is 0. The molecule has 0 spiro atoms. The van der Waals surface area contributed by atoms with Crippen LogP contribution in [0, 0.1) is 6.92 Å². The molecule has 1 heterocycles. The lowest BCUT2D eigenvalue weighted by molar-refractivity contribution is 1.27. The first-order valence-electron chi connectivity index (χ1n) is 7.56. The largest absolute Gasteiger partial charge is 0.309 e. The minimum absolute atomic E-state index is 1.18. The van der Waals surface area contributed by atoms with Crippen LogP contribution in [-0.2, 0) is 0 Å². The number of hydrogen-bond acceptors (Lipinski definition) is 1. The first-order chi connectivity index (χ1) is 10.8. The van der Waals surface area contributed by atoms with Crippen molar-refractivity contribution in [3.8, 4) is 0 Å². The Labute approximate surface area is 131 Å². The first kappa shape index (κ1) is 12.9. The summed E-state index contributed by atoms with van der Waals surface area (Å²) in [5, 5.41) is 0. The maximum absolute atomic E-state index is 2.34. The molecule has 0 aromatic heterocycles. The Morgan fingerprint density at radius 2 is 1.32 bits per heavy atom. The van der Waals surface area contributed by atoms with Crippen molar-refractivity contribution < 1.29 is 0 Å². The molecule has 1 nitrogen and oxygen atoms in total. The smallest absolute Gasteiger partial charge is 0.0534 e. The number of hydrogen-bond donors (Lipinski definition) is 0. The van der Waals surface area contributed by atoms with Gasteiger partial charge in [-0.25, -0.2) is 0 Å². The van der Waals surface area contributed by atoms with Crippen molar-refractivity contribution in [2.75, 3.05) is 4.90 Å². The van der Waals surface area contributed by atoms with Crippen molar-refractivity contribution in [2.45, 2.75) is 6.92 Å². The van der Waals surface area contributed by atoms with Gasteiger partial charge in [-0.15, -0.1) is 0 Å². The van der Waals surface area contributed by atoms with Gasteiger partial charge in [-0.05, 0) is 48.4 Å². The number of rotatable bonds is 1. The zero-order valence-corrected chi connectivity index (χ0v) is 12.5. The van der Waals surface area contributed by atoms with Gasteiger partial charge in [-0.3, -0.25) is 0 Å². The normalized spacial score (nSPS) is 12.5. The highest BCUT2D eigenvalue weighted by atomic mass is 15.1. The van der Waals surface area contributed by atoms with Crippen LogP contribution in [0.1, 0.15) is 16.7 Å². The number of benzene rings is 3. The van der Waals surface area contributed by atoms with E-state index in [9.17, 15) is 0 Å². The highest BCUT2D eigenvalue weighted by Gasteiger charge is 2.19. The summed E-state index contributed by atoms with van der Waals surface area (Å²) in [4.78, 5) is 2.34. The number of para-hydroxylation sites is 2. The van der Waals surface area contributed by atoms with Crippen molar-refractivity contribution >= 4 is 29.2 Å². The van der Waals surface area contributed by atoms with E-state index in [1.54, 1.807) is 0 Å². The summed E-state index contributed by atoms with van der Waals surface area (Å²) in [6.07, 6.45) is 4.42. The molecule has 3 aromatic rings. The summed E-state index contributed by atoms with van der Waals surface area (Å²) < 4.78 is 0. The average molecular weight is 283 g/mol. The fourth-order valence-corrected chi connectivity index (χ4v) is 3.01. The molecule has 0 aliphatic carbocycles. The molecule has 0 saturated carbocycles. The summed E-state index contributed by atoms with van der Waals surface area (Å²) in [7, 11) is 0. The van der Waals surface area contributed by atoms with Crippen LogP contribution in [0.3, 0.4) is 0 Å².